The largest absolute Gasteiger partial charge is 0.491 e. The van der Waals surface area contributed by atoms with Gasteiger partial charge in [0.05, 0.1) is 13.2 Å². The number of nitrogens with one attached hydrogen (secondary N) is 1. The Hall–Kier alpha value is -3.08. The second-order valence-electron chi connectivity index (χ2n) is 6.35. The summed E-state index contributed by atoms with van der Waals surface area (Å²) in [6.45, 7) is 3.91. The maximum atomic E-state index is 12.3. The van der Waals surface area contributed by atoms with E-state index in [2.05, 4.69) is 5.32 Å². The van der Waals surface area contributed by atoms with E-state index in [9.17, 15) is 9.59 Å². The van der Waals surface area contributed by atoms with Gasteiger partial charge >= 0.3 is 5.97 Å². The van der Waals surface area contributed by atoms with Crippen LogP contribution in [0.5, 0.6) is 5.75 Å². The van der Waals surface area contributed by atoms with E-state index in [1.54, 1.807) is 6.08 Å². The fraction of sp³-hybridized carbons (Fsp3) is 0.273. The van der Waals surface area contributed by atoms with Crippen molar-refractivity contribution in [1.82, 2.24) is 5.32 Å². The summed E-state index contributed by atoms with van der Waals surface area (Å²) in [5, 5.41) is 2.70. The Labute approximate surface area is 160 Å². The number of rotatable bonds is 8. The number of ether oxygens (including phenoxy) is 2. The average molecular weight is 367 g/mol. The van der Waals surface area contributed by atoms with Crippen LogP contribution in [-0.2, 0) is 20.7 Å². The molecule has 0 spiro atoms. The summed E-state index contributed by atoms with van der Waals surface area (Å²) in [7, 11) is 1.31. The van der Waals surface area contributed by atoms with Crippen molar-refractivity contribution in [3.05, 3.63) is 71.8 Å². The third kappa shape index (κ3) is 6.98. The molecule has 2 aromatic rings. The van der Waals surface area contributed by atoms with Crippen molar-refractivity contribution < 1.29 is 19.1 Å². The van der Waals surface area contributed by atoms with Crippen molar-refractivity contribution in [2.24, 2.45) is 0 Å². The molecular weight excluding hydrogens is 342 g/mol. The fourth-order valence-corrected chi connectivity index (χ4v) is 2.54. The highest BCUT2D eigenvalue weighted by atomic mass is 16.5. The Balaban J connectivity index is 2.02. The second-order valence-corrected chi connectivity index (χ2v) is 6.35. The molecule has 0 aliphatic carbocycles. The van der Waals surface area contributed by atoms with Crippen molar-refractivity contribution in [1.29, 1.82) is 0 Å². The number of benzene rings is 2. The van der Waals surface area contributed by atoms with Crippen LogP contribution in [0.1, 0.15) is 25.0 Å². The van der Waals surface area contributed by atoms with Crippen molar-refractivity contribution in [2.75, 3.05) is 7.11 Å². The number of hydrogen-bond donors (Lipinski definition) is 1. The van der Waals surface area contributed by atoms with Crippen molar-refractivity contribution in [3.8, 4) is 5.75 Å². The zero-order valence-electron chi connectivity index (χ0n) is 15.8. The van der Waals surface area contributed by atoms with Crippen LogP contribution in [0.3, 0.4) is 0 Å². The van der Waals surface area contributed by atoms with Crippen LogP contribution in [0.2, 0.25) is 0 Å². The number of carbonyl (C=O) groups excluding carboxylic acids is 2. The van der Waals surface area contributed by atoms with E-state index in [0.717, 1.165) is 16.9 Å². The Bertz CT molecular complexity index is 784. The van der Waals surface area contributed by atoms with Gasteiger partial charge in [-0.05, 0) is 43.2 Å². The molecule has 2 rings (SSSR count). The van der Waals surface area contributed by atoms with E-state index in [0.29, 0.717) is 6.42 Å². The molecule has 1 N–H and O–H groups in total. The molecule has 0 saturated heterocycles. The molecule has 142 valence electrons. The molecule has 1 amide bonds. The van der Waals surface area contributed by atoms with Gasteiger partial charge in [0.1, 0.15) is 11.8 Å². The van der Waals surface area contributed by atoms with Crippen LogP contribution in [0.15, 0.2) is 60.7 Å². The Kier molecular flexibility index (Phi) is 7.62. The first-order chi connectivity index (χ1) is 13.0. The highest BCUT2D eigenvalue weighted by Gasteiger charge is 2.20. The maximum Gasteiger partial charge on any atom is 0.328 e. The van der Waals surface area contributed by atoms with Crippen LogP contribution in [0, 0.1) is 0 Å². The minimum atomic E-state index is -0.745. The van der Waals surface area contributed by atoms with Gasteiger partial charge in [0.25, 0.3) is 0 Å². The summed E-state index contributed by atoms with van der Waals surface area (Å²) in [5.74, 6) is -0.103. The molecule has 5 heteroatoms. The molecule has 0 saturated carbocycles. The lowest BCUT2D eigenvalue weighted by Crippen LogP contribution is -2.42. The molecule has 0 aliphatic heterocycles. The molecule has 0 radical (unpaired) electrons. The first-order valence-corrected chi connectivity index (χ1v) is 8.85. The van der Waals surface area contributed by atoms with Gasteiger partial charge in [0, 0.05) is 12.5 Å². The van der Waals surface area contributed by atoms with E-state index in [-0.39, 0.29) is 12.0 Å². The lowest BCUT2D eigenvalue weighted by molar-refractivity contribution is -0.144. The first kappa shape index (κ1) is 20.2. The highest BCUT2D eigenvalue weighted by molar-refractivity contribution is 5.94. The van der Waals surface area contributed by atoms with Gasteiger partial charge in [-0.1, -0.05) is 42.5 Å². The quantitative estimate of drug-likeness (QED) is 0.574. The molecule has 1 unspecified atom stereocenters. The van der Waals surface area contributed by atoms with Gasteiger partial charge in [-0.2, -0.15) is 0 Å². The summed E-state index contributed by atoms with van der Waals surface area (Å²) in [6.07, 6.45) is 3.52. The number of methoxy groups -OCH3 is 1. The fourth-order valence-electron chi connectivity index (χ4n) is 2.54. The lowest BCUT2D eigenvalue weighted by Gasteiger charge is -2.15. The number of hydrogen-bond acceptors (Lipinski definition) is 4. The van der Waals surface area contributed by atoms with Gasteiger partial charge in [0.2, 0.25) is 5.91 Å². The predicted molar refractivity (Wildman–Crippen MR) is 105 cm³/mol. The summed E-state index contributed by atoms with van der Waals surface area (Å²) >= 11 is 0. The van der Waals surface area contributed by atoms with Gasteiger partial charge in [-0.3, -0.25) is 4.79 Å². The zero-order chi connectivity index (χ0) is 19.6. The normalized spacial score (nSPS) is 12.0. The molecule has 1 atom stereocenters. The molecule has 5 nitrogen and oxygen atoms in total. The third-order valence-corrected chi connectivity index (χ3v) is 3.74. The average Bonchev–Trinajstić information content (AvgIpc) is 2.66. The minimum Gasteiger partial charge on any atom is -0.491 e. The smallest absolute Gasteiger partial charge is 0.328 e. The molecular formula is C22H25NO4. The monoisotopic (exact) mass is 367 g/mol. The summed E-state index contributed by atoms with van der Waals surface area (Å²) in [6, 6.07) is 16.2. The Morgan fingerprint density at radius 1 is 1.07 bits per heavy atom. The third-order valence-electron chi connectivity index (χ3n) is 3.74. The van der Waals surface area contributed by atoms with Gasteiger partial charge in [-0.25, -0.2) is 4.79 Å². The molecule has 0 heterocycles. The van der Waals surface area contributed by atoms with Crippen molar-refractivity contribution in [2.45, 2.75) is 32.4 Å². The Morgan fingerprint density at radius 3 is 2.48 bits per heavy atom. The highest BCUT2D eigenvalue weighted by Crippen LogP contribution is 2.16. The van der Waals surface area contributed by atoms with E-state index in [1.807, 2.05) is 68.4 Å². The van der Waals surface area contributed by atoms with Crippen molar-refractivity contribution in [3.63, 3.8) is 0 Å². The molecule has 0 bridgehead atoms. The number of esters is 1. The van der Waals surface area contributed by atoms with Crippen LogP contribution >= 0.6 is 0 Å². The van der Waals surface area contributed by atoms with Crippen LogP contribution in [0.4, 0.5) is 0 Å². The van der Waals surface area contributed by atoms with Crippen molar-refractivity contribution >= 4 is 18.0 Å². The summed E-state index contributed by atoms with van der Waals surface area (Å²) < 4.78 is 10.4. The van der Waals surface area contributed by atoms with Crippen LogP contribution in [0.25, 0.3) is 6.08 Å². The van der Waals surface area contributed by atoms with E-state index in [4.69, 9.17) is 9.47 Å². The second kappa shape index (κ2) is 10.2. The molecule has 0 aromatic heterocycles. The molecule has 0 aliphatic rings. The topological polar surface area (TPSA) is 64.6 Å². The predicted octanol–water partition coefficient (Wildman–Crippen LogP) is 3.39. The van der Waals surface area contributed by atoms with Crippen LogP contribution in [-0.4, -0.2) is 31.1 Å². The van der Waals surface area contributed by atoms with E-state index >= 15 is 0 Å². The number of amides is 1. The van der Waals surface area contributed by atoms with Gasteiger partial charge in [-0.15, -0.1) is 0 Å². The van der Waals surface area contributed by atoms with Gasteiger partial charge < -0.3 is 14.8 Å². The van der Waals surface area contributed by atoms with Gasteiger partial charge in [0.15, 0.2) is 0 Å². The molecule has 0 fully saturated rings. The molecule has 2 aromatic carbocycles. The Morgan fingerprint density at radius 2 is 1.81 bits per heavy atom. The SMILES string of the molecule is COC(=O)C(Cc1ccccc1)NC(=O)/C=C/c1cccc(OC(C)C)c1. The maximum absolute atomic E-state index is 12.3. The standard InChI is InChI=1S/C22H25NO4/c1-16(2)27-19-11-7-10-18(14-19)12-13-21(24)23-20(22(25)26-3)15-17-8-5-4-6-9-17/h4-14,16,20H,15H2,1-3H3,(H,23,24)/b13-12+. The van der Waals surface area contributed by atoms with E-state index in [1.165, 1.54) is 13.2 Å². The minimum absolute atomic E-state index is 0.0753. The molecule has 27 heavy (non-hydrogen) atoms. The summed E-state index contributed by atoms with van der Waals surface area (Å²) in [4.78, 5) is 24.3. The summed E-state index contributed by atoms with van der Waals surface area (Å²) in [5.41, 5.74) is 1.77. The number of carbonyl (C=O) groups is 2. The zero-order valence-corrected chi connectivity index (χ0v) is 15.8. The van der Waals surface area contributed by atoms with Crippen LogP contribution < -0.4 is 10.1 Å². The lowest BCUT2D eigenvalue weighted by atomic mass is 10.1. The van der Waals surface area contributed by atoms with E-state index < -0.39 is 12.0 Å². The first-order valence-electron chi connectivity index (χ1n) is 8.85.